The Labute approximate surface area is 143 Å². The Morgan fingerprint density at radius 1 is 0.792 bits per heavy atom. The number of aliphatic hydroxyl groups is 2. The van der Waals surface area contributed by atoms with Gasteiger partial charge in [-0.3, -0.25) is 0 Å². The van der Waals surface area contributed by atoms with E-state index in [2.05, 4.69) is 0 Å². The molecule has 2 heterocycles. The first kappa shape index (κ1) is 17.2. The van der Waals surface area contributed by atoms with Crippen molar-refractivity contribution in [2.24, 2.45) is 11.8 Å². The monoisotopic (exact) mass is 342 g/mol. The highest BCUT2D eigenvalue weighted by Crippen LogP contribution is 2.50. The standard InChI is InChI=1S/C18H30O6/c1-3-17(11-5-6-11)21-9-13(23-17)15(19)16(20)14-10-22-18(4-2,24-14)12-7-8-12/h11-16,19-20H,3-10H2,1-2H3. The van der Waals surface area contributed by atoms with Crippen LogP contribution in [0.1, 0.15) is 52.4 Å². The Hall–Kier alpha value is -0.240. The van der Waals surface area contributed by atoms with Gasteiger partial charge in [-0.2, -0.15) is 0 Å². The number of aliphatic hydroxyl groups excluding tert-OH is 2. The van der Waals surface area contributed by atoms with Crippen LogP contribution in [0, 0.1) is 11.8 Å². The van der Waals surface area contributed by atoms with E-state index < -0.39 is 36.0 Å². The van der Waals surface area contributed by atoms with Gasteiger partial charge in [-0.1, -0.05) is 13.8 Å². The lowest BCUT2D eigenvalue weighted by molar-refractivity contribution is -0.216. The van der Waals surface area contributed by atoms with Crippen LogP contribution in [0.2, 0.25) is 0 Å². The molecule has 0 radical (unpaired) electrons. The van der Waals surface area contributed by atoms with E-state index in [9.17, 15) is 10.2 Å². The van der Waals surface area contributed by atoms with Crippen LogP contribution >= 0.6 is 0 Å². The Morgan fingerprint density at radius 2 is 1.17 bits per heavy atom. The van der Waals surface area contributed by atoms with Gasteiger partial charge in [-0.15, -0.1) is 0 Å². The van der Waals surface area contributed by atoms with Crippen molar-refractivity contribution in [3.05, 3.63) is 0 Å². The molecular formula is C18H30O6. The van der Waals surface area contributed by atoms with Crippen molar-refractivity contribution in [2.75, 3.05) is 13.2 Å². The highest BCUT2D eigenvalue weighted by atomic mass is 16.8. The summed E-state index contributed by atoms with van der Waals surface area (Å²) in [6.07, 6.45) is 2.89. The highest BCUT2D eigenvalue weighted by molar-refractivity contribution is 4.98. The minimum absolute atomic E-state index is 0.317. The zero-order valence-electron chi connectivity index (χ0n) is 14.6. The molecule has 0 bridgehead atoms. The lowest BCUT2D eigenvalue weighted by atomic mass is 10.0. The van der Waals surface area contributed by atoms with Gasteiger partial charge >= 0.3 is 0 Å². The molecule has 6 nitrogen and oxygen atoms in total. The van der Waals surface area contributed by atoms with Crippen molar-refractivity contribution in [3.8, 4) is 0 Å². The summed E-state index contributed by atoms with van der Waals surface area (Å²) in [7, 11) is 0. The lowest BCUT2D eigenvalue weighted by Crippen LogP contribution is -2.48. The number of hydrogen-bond acceptors (Lipinski definition) is 6. The van der Waals surface area contributed by atoms with Crippen molar-refractivity contribution >= 4 is 0 Å². The van der Waals surface area contributed by atoms with Crippen molar-refractivity contribution in [1.82, 2.24) is 0 Å². The number of rotatable bonds is 7. The largest absolute Gasteiger partial charge is 0.387 e. The highest BCUT2D eigenvalue weighted by Gasteiger charge is 2.56. The Balaban J connectivity index is 1.37. The van der Waals surface area contributed by atoms with Crippen LogP contribution < -0.4 is 0 Å². The smallest absolute Gasteiger partial charge is 0.171 e. The summed E-state index contributed by atoms with van der Waals surface area (Å²) >= 11 is 0. The van der Waals surface area contributed by atoms with Gasteiger partial charge in [0.15, 0.2) is 11.6 Å². The van der Waals surface area contributed by atoms with E-state index in [1.807, 2.05) is 13.8 Å². The first-order valence-corrected chi connectivity index (χ1v) is 9.53. The molecule has 4 fully saturated rings. The molecule has 0 amide bonds. The molecule has 2 saturated heterocycles. The van der Waals surface area contributed by atoms with E-state index >= 15 is 0 Å². The second-order valence-electron chi connectivity index (χ2n) is 7.80. The predicted molar refractivity (Wildman–Crippen MR) is 85.2 cm³/mol. The zero-order chi connectivity index (χ0) is 16.9. The maximum Gasteiger partial charge on any atom is 0.171 e. The van der Waals surface area contributed by atoms with Crippen molar-refractivity contribution in [2.45, 2.75) is 88.4 Å². The molecule has 138 valence electrons. The van der Waals surface area contributed by atoms with Crippen LogP contribution in [-0.2, 0) is 18.9 Å². The van der Waals surface area contributed by atoms with Gasteiger partial charge in [0, 0.05) is 11.8 Å². The maximum atomic E-state index is 10.6. The molecule has 6 unspecified atom stereocenters. The first-order chi connectivity index (χ1) is 11.5. The average molecular weight is 342 g/mol. The van der Waals surface area contributed by atoms with Crippen LogP contribution in [0.15, 0.2) is 0 Å². The van der Waals surface area contributed by atoms with Crippen LogP contribution in [0.25, 0.3) is 0 Å². The summed E-state index contributed by atoms with van der Waals surface area (Å²) in [4.78, 5) is 0. The summed E-state index contributed by atoms with van der Waals surface area (Å²) in [5.41, 5.74) is 0. The first-order valence-electron chi connectivity index (χ1n) is 9.53. The fourth-order valence-corrected chi connectivity index (χ4v) is 4.29. The molecule has 2 N–H and O–H groups in total. The fraction of sp³-hybridized carbons (Fsp3) is 1.00. The van der Waals surface area contributed by atoms with Gasteiger partial charge in [-0.25, -0.2) is 0 Å². The van der Waals surface area contributed by atoms with E-state index in [0.29, 0.717) is 25.0 Å². The molecule has 2 aliphatic carbocycles. The summed E-state index contributed by atoms with van der Waals surface area (Å²) in [6.45, 7) is 4.72. The molecule has 6 heteroatoms. The van der Waals surface area contributed by atoms with Crippen molar-refractivity contribution in [1.29, 1.82) is 0 Å². The molecule has 2 aliphatic heterocycles. The van der Waals surface area contributed by atoms with Crippen molar-refractivity contribution < 1.29 is 29.2 Å². The Kier molecular flexibility index (Phi) is 4.43. The minimum Gasteiger partial charge on any atom is -0.387 e. The van der Waals surface area contributed by atoms with Crippen LogP contribution in [0.3, 0.4) is 0 Å². The second-order valence-corrected chi connectivity index (χ2v) is 7.80. The SMILES string of the molecule is CCC1(C2CC2)OCC(C(O)C(O)C2COC(CC)(C3CC3)O2)O1. The summed E-state index contributed by atoms with van der Waals surface area (Å²) in [6, 6.07) is 0. The van der Waals surface area contributed by atoms with E-state index in [1.165, 1.54) is 0 Å². The Morgan fingerprint density at radius 3 is 1.46 bits per heavy atom. The predicted octanol–water partition coefficient (Wildman–Crippen LogP) is 1.57. The molecule has 0 spiro atoms. The van der Waals surface area contributed by atoms with E-state index in [1.54, 1.807) is 0 Å². The van der Waals surface area contributed by atoms with Crippen LogP contribution in [-0.4, -0.2) is 59.4 Å². The van der Waals surface area contributed by atoms with Crippen LogP contribution in [0.4, 0.5) is 0 Å². The van der Waals surface area contributed by atoms with Crippen LogP contribution in [0.5, 0.6) is 0 Å². The minimum atomic E-state index is -1.03. The number of ether oxygens (including phenoxy) is 4. The van der Waals surface area contributed by atoms with E-state index in [0.717, 1.165) is 38.5 Å². The zero-order valence-corrected chi connectivity index (χ0v) is 14.6. The van der Waals surface area contributed by atoms with Gasteiger partial charge in [0.1, 0.15) is 24.4 Å². The van der Waals surface area contributed by atoms with Gasteiger partial charge in [-0.05, 0) is 38.5 Å². The third-order valence-corrected chi connectivity index (χ3v) is 6.18. The molecule has 0 aromatic heterocycles. The van der Waals surface area contributed by atoms with Gasteiger partial charge in [0.05, 0.1) is 13.2 Å². The third-order valence-electron chi connectivity index (χ3n) is 6.18. The summed E-state index contributed by atoms with van der Waals surface area (Å²) in [5, 5.41) is 21.2. The fourth-order valence-electron chi connectivity index (χ4n) is 4.29. The lowest BCUT2D eigenvalue weighted by Gasteiger charge is -2.31. The average Bonchev–Trinajstić information content (AvgIpc) is 3.55. The Bertz CT molecular complexity index is 422. The maximum absolute atomic E-state index is 10.6. The van der Waals surface area contributed by atoms with E-state index in [-0.39, 0.29) is 0 Å². The molecule has 4 aliphatic rings. The molecular weight excluding hydrogens is 312 g/mol. The molecule has 0 aromatic carbocycles. The molecule has 6 atom stereocenters. The van der Waals surface area contributed by atoms with E-state index in [4.69, 9.17) is 18.9 Å². The quantitative estimate of drug-likeness (QED) is 0.731. The summed E-state index contributed by atoms with van der Waals surface area (Å²) in [5.74, 6) is -0.296. The van der Waals surface area contributed by atoms with Crippen molar-refractivity contribution in [3.63, 3.8) is 0 Å². The van der Waals surface area contributed by atoms with Gasteiger partial charge in [0.2, 0.25) is 0 Å². The molecule has 0 aromatic rings. The number of hydrogen-bond donors (Lipinski definition) is 2. The molecule has 4 rings (SSSR count). The normalized spacial score (nSPS) is 45.5. The molecule has 2 saturated carbocycles. The second kappa shape index (κ2) is 6.18. The molecule has 24 heavy (non-hydrogen) atoms. The topological polar surface area (TPSA) is 77.4 Å². The third kappa shape index (κ3) is 2.81. The van der Waals surface area contributed by atoms with Gasteiger partial charge in [0.25, 0.3) is 0 Å². The van der Waals surface area contributed by atoms with Gasteiger partial charge < -0.3 is 29.2 Å². The summed E-state index contributed by atoms with van der Waals surface area (Å²) < 4.78 is 24.0.